The van der Waals surface area contributed by atoms with Gasteiger partial charge in [-0.2, -0.15) is 0 Å². The van der Waals surface area contributed by atoms with Gasteiger partial charge >= 0.3 is 0 Å². The lowest BCUT2D eigenvalue weighted by molar-refractivity contribution is 0.0942. The van der Waals surface area contributed by atoms with Crippen LogP contribution in [-0.2, 0) is 0 Å². The largest absolute Gasteiger partial charge is 0.397 e. The Hall–Kier alpha value is -4.09. The predicted molar refractivity (Wildman–Crippen MR) is 140 cm³/mol. The van der Waals surface area contributed by atoms with E-state index in [1.54, 1.807) is 12.3 Å². The Morgan fingerprint density at radius 1 is 1.19 bits per heavy atom. The molecule has 0 aliphatic carbocycles. The van der Waals surface area contributed by atoms with Gasteiger partial charge in [-0.1, -0.05) is 0 Å². The molecule has 7 N–H and O–H groups in total. The Labute approximate surface area is 213 Å². The molecule has 2 aromatic heterocycles. The molecule has 0 bridgehead atoms. The number of β-amino-alcohol motifs (C(OH)–C–C–N with tert-alkyl or cyclic N) is 1. The van der Waals surface area contributed by atoms with E-state index in [9.17, 15) is 19.1 Å². The quantitative estimate of drug-likeness (QED) is 0.339. The van der Waals surface area contributed by atoms with Gasteiger partial charge in [-0.05, 0) is 56.7 Å². The second-order valence-electron chi connectivity index (χ2n) is 9.27. The number of nitrogens with zero attached hydrogens (tertiary/aromatic N) is 3. The third-order valence-electron chi connectivity index (χ3n) is 6.09. The highest BCUT2D eigenvalue weighted by Crippen LogP contribution is 2.29. The zero-order chi connectivity index (χ0) is 26.7. The topological polar surface area (TPSA) is 159 Å². The molecule has 11 heteroatoms. The van der Waals surface area contributed by atoms with Gasteiger partial charge in [0.25, 0.3) is 11.8 Å². The highest BCUT2D eigenvalue weighted by Gasteiger charge is 2.27. The molecule has 3 heterocycles. The van der Waals surface area contributed by atoms with Gasteiger partial charge in [0.05, 0.1) is 35.1 Å². The Balaban J connectivity index is 1.62. The lowest BCUT2D eigenvalue weighted by atomic mass is 10.0. The number of aliphatic hydroxyl groups is 1. The number of hydrogen-bond acceptors (Lipinski definition) is 8. The van der Waals surface area contributed by atoms with E-state index in [4.69, 9.17) is 11.5 Å². The highest BCUT2D eigenvalue weighted by atomic mass is 19.1. The number of hydrogen-bond donors (Lipinski definition) is 5. The summed E-state index contributed by atoms with van der Waals surface area (Å²) in [7, 11) is 0. The summed E-state index contributed by atoms with van der Waals surface area (Å²) in [6.07, 6.45) is 2.97. The molecule has 37 heavy (non-hydrogen) atoms. The number of piperidine rings is 1. The molecule has 1 aliphatic heterocycles. The minimum atomic E-state index is -0.701. The normalized spacial score (nSPS) is 17.5. The number of nitrogens with one attached hydrogen (secondary N) is 2. The van der Waals surface area contributed by atoms with Gasteiger partial charge in [0.1, 0.15) is 5.82 Å². The minimum Gasteiger partial charge on any atom is -0.397 e. The summed E-state index contributed by atoms with van der Waals surface area (Å²) < 4.78 is 14.7. The Kier molecular flexibility index (Phi) is 7.65. The SMILES string of the molecule is CC(C)NC(=O)c1ccc(F)c(-c2ccc(N)c(C(=O)Nc3cnccc3N3CC[C@@H](N)[C@H](O)C3)n2)c1. The summed E-state index contributed by atoms with van der Waals surface area (Å²) in [5.41, 5.74) is 13.5. The third-order valence-corrected chi connectivity index (χ3v) is 6.09. The van der Waals surface area contributed by atoms with Crippen molar-refractivity contribution in [3.05, 3.63) is 65.9 Å². The summed E-state index contributed by atoms with van der Waals surface area (Å²) >= 11 is 0. The second-order valence-corrected chi connectivity index (χ2v) is 9.27. The van der Waals surface area contributed by atoms with Gasteiger partial charge in [0.15, 0.2) is 5.69 Å². The summed E-state index contributed by atoms with van der Waals surface area (Å²) in [6, 6.07) is 8.24. The first-order chi connectivity index (χ1) is 17.6. The number of aliphatic hydroxyl groups excluding tert-OH is 1. The zero-order valence-corrected chi connectivity index (χ0v) is 20.6. The Morgan fingerprint density at radius 2 is 1.97 bits per heavy atom. The van der Waals surface area contributed by atoms with E-state index < -0.39 is 17.8 Å². The zero-order valence-electron chi connectivity index (χ0n) is 20.6. The summed E-state index contributed by atoms with van der Waals surface area (Å²) in [6.45, 7) is 4.56. The molecule has 1 saturated heterocycles. The van der Waals surface area contributed by atoms with Crippen LogP contribution in [0.1, 0.15) is 41.1 Å². The van der Waals surface area contributed by atoms with Crippen LogP contribution in [-0.4, -0.2) is 58.2 Å². The van der Waals surface area contributed by atoms with E-state index >= 15 is 0 Å². The first kappa shape index (κ1) is 26.0. The van der Waals surface area contributed by atoms with Crippen LogP contribution in [0.2, 0.25) is 0 Å². The van der Waals surface area contributed by atoms with Crippen molar-refractivity contribution in [2.75, 3.05) is 29.0 Å². The minimum absolute atomic E-state index is 0.0613. The first-order valence-corrected chi connectivity index (χ1v) is 11.9. The lowest BCUT2D eigenvalue weighted by Crippen LogP contribution is -2.50. The maximum Gasteiger partial charge on any atom is 0.276 e. The monoisotopic (exact) mass is 507 g/mol. The second kappa shape index (κ2) is 10.9. The van der Waals surface area contributed by atoms with Gasteiger partial charge in [0, 0.05) is 42.5 Å². The van der Waals surface area contributed by atoms with E-state index in [0.717, 1.165) is 0 Å². The fraction of sp³-hybridized carbons (Fsp3) is 0.308. The van der Waals surface area contributed by atoms with Crippen LogP contribution in [0, 0.1) is 5.82 Å². The summed E-state index contributed by atoms with van der Waals surface area (Å²) in [4.78, 5) is 36.0. The molecule has 1 fully saturated rings. The van der Waals surface area contributed by atoms with Crippen molar-refractivity contribution in [3.8, 4) is 11.3 Å². The fourth-order valence-corrected chi connectivity index (χ4v) is 4.12. The molecule has 2 amide bonds. The number of rotatable bonds is 6. The summed E-state index contributed by atoms with van der Waals surface area (Å²) in [5.74, 6) is -1.56. The van der Waals surface area contributed by atoms with Gasteiger partial charge < -0.3 is 32.1 Å². The lowest BCUT2D eigenvalue weighted by Gasteiger charge is -2.36. The van der Waals surface area contributed by atoms with E-state index in [0.29, 0.717) is 30.9 Å². The van der Waals surface area contributed by atoms with Crippen molar-refractivity contribution < 1.29 is 19.1 Å². The van der Waals surface area contributed by atoms with Crippen molar-refractivity contribution >= 4 is 28.9 Å². The number of carbonyl (C=O) groups is 2. The molecule has 10 nitrogen and oxygen atoms in total. The van der Waals surface area contributed by atoms with Crippen LogP contribution < -0.4 is 27.0 Å². The van der Waals surface area contributed by atoms with Crippen molar-refractivity contribution in [1.29, 1.82) is 0 Å². The number of anilines is 3. The number of nitrogens with two attached hydrogens (primary N) is 2. The standard InChI is InChI=1S/C26H30FN7O3/c1-14(2)31-25(36)15-3-4-17(27)16(11-15)20-6-5-19(29)24(32-20)26(37)33-21-12-30-9-7-22(21)34-10-8-18(28)23(35)13-34/h3-7,9,11-12,14,18,23,35H,8,10,13,28-29H2,1-2H3,(H,31,36)(H,33,37)/t18-,23-/m1/s1. The first-order valence-electron chi connectivity index (χ1n) is 11.9. The average molecular weight is 508 g/mol. The molecule has 1 aliphatic rings. The van der Waals surface area contributed by atoms with Crippen LogP contribution in [0.15, 0.2) is 48.8 Å². The van der Waals surface area contributed by atoms with E-state index in [2.05, 4.69) is 20.6 Å². The van der Waals surface area contributed by atoms with E-state index in [1.807, 2.05) is 18.7 Å². The highest BCUT2D eigenvalue weighted by molar-refractivity contribution is 6.08. The van der Waals surface area contributed by atoms with Gasteiger partial charge in [-0.25, -0.2) is 9.37 Å². The molecule has 0 unspecified atom stereocenters. The maximum atomic E-state index is 14.7. The van der Waals surface area contributed by atoms with Gasteiger partial charge in [-0.3, -0.25) is 14.6 Å². The Bertz CT molecular complexity index is 1320. The van der Waals surface area contributed by atoms with Crippen molar-refractivity contribution in [2.45, 2.75) is 38.5 Å². The van der Waals surface area contributed by atoms with Crippen LogP contribution in [0.25, 0.3) is 11.3 Å². The number of carbonyl (C=O) groups excluding carboxylic acids is 2. The molecular weight excluding hydrogens is 477 g/mol. The number of aromatic nitrogens is 2. The molecule has 0 saturated carbocycles. The summed E-state index contributed by atoms with van der Waals surface area (Å²) in [5, 5.41) is 15.7. The van der Waals surface area contributed by atoms with E-state index in [-0.39, 0.29) is 46.2 Å². The molecule has 3 aromatic rings. The number of halogens is 1. The van der Waals surface area contributed by atoms with Crippen LogP contribution in [0.5, 0.6) is 0 Å². The molecule has 4 rings (SSSR count). The molecule has 0 radical (unpaired) electrons. The molecule has 194 valence electrons. The van der Waals surface area contributed by atoms with Crippen molar-refractivity contribution in [2.24, 2.45) is 5.73 Å². The number of amides is 2. The molecule has 0 spiro atoms. The number of benzene rings is 1. The predicted octanol–water partition coefficient (Wildman–Crippen LogP) is 2.15. The average Bonchev–Trinajstić information content (AvgIpc) is 2.86. The smallest absolute Gasteiger partial charge is 0.276 e. The number of nitrogen functional groups attached to an aromatic ring is 1. The van der Waals surface area contributed by atoms with E-state index in [1.165, 1.54) is 36.5 Å². The van der Waals surface area contributed by atoms with Crippen LogP contribution in [0.4, 0.5) is 21.5 Å². The van der Waals surface area contributed by atoms with Gasteiger partial charge in [-0.15, -0.1) is 0 Å². The van der Waals surface area contributed by atoms with Crippen molar-refractivity contribution in [1.82, 2.24) is 15.3 Å². The fourth-order valence-electron chi connectivity index (χ4n) is 4.12. The molecule has 1 aromatic carbocycles. The molecular formula is C26H30FN7O3. The number of pyridine rings is 2. The van der Waals surface area contributed by atoms with Crippen LogP contribution in [0.3, 0.4) is 0 Å². The molecule has 2 atom stereocenters. The van der Waals surface area contributed by atoms with Crippen LogP contribution >= 0.6 is 0 Å². The van der Waals surface area contributed by atoms with Crippen molar-refractivity contribution in [3.63, 3.8) is 0 Å². The Morgan fingerprint density at radius 3 is 2.70 bits per heavy atom. The third kappa shape index (κ3) is 5.84. The van der Waals surface area contributed by atoms with Gasteiger partial charge in [0.2, 0.25) is 0 Å². The maximum absolute atomic E-state index is 14.7.